The van der Waals surface area contributed by atoms with Gasteiger partial charge in [-0.1, -0.05) is 0 Å². The third-order valence-electron chi connectivity index (χ3n) is 2.49. The first-order chi connectivity index (χ1) is 8.02. The van der Waals surface area contributed by atoms with Gasteiger partial charge < -0.3 is 10.5 Å². The average molecular weight is 257 g/mol. The lowest BCUT2D eigenvalue weighted by Crippen LogP contribution is -2.32. The molecule has 17 heavy (non-hydrogen) atoms. The molecule has 0 aliphatic heterocycles. The lowest BCUT2D eigenvalue weighted by atomic mass is 10.2. The van der Waals surface area contributed by atoms with Crippen LogP contribution in [0.5, 0.6) is 0 Å². The number of anilines is 1. The Kier molecular flexibility index (Phi) is 5.37. The Morgan fingerprint density at radius 2 is 2.35 bits per heavy atom. The van der Waals surface area contributed by atoms with Crippen molar-refractivity contribution in [2.24, 2.45) is 0 Å². The predicted molar refractivity (Wildman–Crippen MR) is 68.7 cm³/mol. The zero-order valence-corrected chi connectivity index (χ0v) is 11.3. The number of hydrogen-bond donors (Lipinski definition) is 1. The standard InChI is InChI=1S/C11H19N3O2S/c1-8(2)14(5-4-10(15)16-3)7-9-6-13-11(12)17-9/h6,8H,4-5,7H2,1-3H3,(H2,12,13). The molecule has 1 aromatic heterocycles. The number of nitrogens with two attached hydrogens (primary N) is 1. The SMILES string of the molecule is COC(=O)CCN(Cc1cnc(N)s1)C(C)C. The van der Waals surface area contributed by atoms with Gasteiger partial charge in [0.15, 0.2) is 5.13 Å². The van der Waals surface area contributed by atoms with Gasteiger partial charge in [0, 0.05) is 30.2 Å². The third kappa shape index (κ3) is 4.70. The number of carbonyl (C=O) groups is 1. The van der Waals surface area contributed by atoms with Crippen molar-refractivity contribution in [3.63, 3.8) is 0 Å². The van der Waals surface area contributed by atoms with E-state index in [1.807, 2.05) is 0 Å². The molecule has 0 radical (unpaired) electrons. The van der Waals surface area contributed by atoms with Crippen LogP contribution < -0.4 is 5.73 Å². The summed E-state index contributed by atoms with van der Waals surface area (Å²) in [5, 5.41) is 0.580. The molecule has 0 aliphatic rings. The van der Waals surface area contributed by atoms with Gasteiger partial charge in [-0.2, -0.15) is 0 Å². The molecule has 0 aliphatic carbocycles. The highest BCUT2D eigenvalue weighted by atomic mass is 32.1. The topological polar surface area (TPSA) is 68.5 Å². The Balaban J connectivity index is 2.51. The molecule has 0 unspecified atom stereocenters. The van der Waals surface area contributed by atoms with Gasteiger partial charge in [0.25, 0.3) is 0 Å². The van der Waals surface area contributed by atoms with Crippen LogP contribution in [-0.4, -0.2) is 35.5 Å². The number of nitrogens with zero attached hydrogens (tertiary/aromatic N) is 2. The van der Waals surface area contributed by atoms with E-state index in [0.29, 0.717) is 24.1 Å². The molecule has 0 atom stereocenters. The molecule has 0 saturated heterocycles. The number of thiazole rings is 1. The fourth-order valence-electron chi connectivity index (χ4n) is 1.45. The van der Waals surface area contributed by atoms with E-state index in [9.17, 15) is 4.79 Å². The molecular weight excluding hydrogens is 238 g/mol. The second kappa shape index (κ2) is 6.56. The highest BCUT2D eigenvalue weighted by Gasteiger charge is 2.13. The lowest BCUT2D eigenvalue weighted by molar-refractivity contribution is -0.141. The van der Waals surface area contributed by atoms with Crippen LogP contribution in [0.25, 0.3) is 0 Å². The summed E-state index contributed by atoms with van der Waals surface area (Å²) >= 11 is 1.48. The summed E-state index contributed by atoms with van der Waals surface area (Å²) in [6, 6.07) is 0.364. The van der Waals surface area contributed by atoms with Crippen molar-refractivity contribution in [2.45, 2.75) is 32.9 Å². The van der Waals surface area contributed by atoms with Crippen LogP contribution in [0.2, 0.25) is 0 Å². The summed E-state index contributed by atoms with van der Waals surface area (Å²) < 4.78 is 4.64. The first kappa shape index (κ1) is 13.9. The number of nitrogen functional groups attached to an aromatic ring is 1. The van der Waals surface area contributed by atoms with Gasteiger partial charge in [0.05, 0.1) is 13.5 Å². The zero-order chi connectivity index (χ0) is 12.8. The Labute approximate surface area is 106 Å². The third-order valence-corrected chi connectivity index (χ3v) is 3.30. The van der Waals surface area contributed by atoms with Crippen LogP contribution in [0.4, 0.5) is 5.13 Å². The molecule has 0 fully saturated rings. The van der Waals surface area contributed by atoms with Crippen molar-refractivity contribution in [1.82, 2.24) is 9.88 Å². The molecule has 0 spiro atoms. The van der Waals surface area contributed by atoms with Gasteiger partial charge in [-0.05, 0) is 13.8 Å². The fourth-order valence-corrected chi connectivity index (χ4v) is 2.16. The lowest BCUT2D eigenvalue weighted by Gasteiger charge is -2.25. The van der Waals surface area contributed by atoms with Crippen molar-refractivity contribution in [3.05, 3.63) is 11.1 Å². The monoisotopic (exact) mass is 257 g/mol. The van der Waals surface area contributed by atoms with Crippen LogP contribution in [0.3, 0.4) is 0 Å². The van der Waals surface area contributed by atoms with E-state index in [2.05, 4.69) is 28.5 Å². The van der Waals surface area contributed by atoms with Crippen molar-refractivity contribution in [1.29, 1.82) is 0 Å². The first-order valence-electron chi connectivity index (χ1n) is 5.54. The number of hydrogen-bond acceptors (Lipinski definition) is 6. The largest absolute Gasteiger partial charge is 0.469 e. The van der Waals surface area contributed by atoms with Crippen molar-refractivity contribution in [2.75, 3.05) is 19.4 Å². The van der Waals surface area contributed by atoms with E-state index in [4.69, 9.17) is 5.73 Å². The fraction of sp³-hybridized carbons (Fsp3) is 0.636. The van der Waals surface area contributed by atoms with Crippen LogP contribution >= 0.6 is 11.3 Å². The summed E-state index contributed by atoms with van der Waals surface area (Å²) in [5.41, 5.74) is 5.59. The molecule has 0 aromatic carbocycles. The van der Waals surface area contributed by atoms with E-state index in [1.165, 1.54) is 18.4 Å². The molecule has 96 valence electrons. The smallest absolute Gasteiger partial charge is 0.306 e. The number of rotatable bonds is 6. The second-order valence-electron chi connectivity index (χ2n) is 4.06. The van der Waals surface area contributed by atoms with Crippen LogP contribution in [0, 0.1) is 0 Å². The van der Waals surface area contributed by atoms with Crippen molar-refractivity contribution >= 4 is 22.4 Å². The summed E-state index contributed by atoms with van der Waals surface area (Å²) in [7, 11) is 1.41. The Bertz CT molecular complexity index is 365. The molecule has 1 heterocycles. The normalized spacial score (nSPS) is 11.1. The minimum atomic E-state index is -0.181. The maximum atomic E-state index is 11.1. The van der Waals surface area contributed by atoms with Crippen LogP contribution in [0.15, 0.2) is 6.20 Å². The molecule has 0 bridgehead atoms. The molecule has 1 aromatic rings. The molecule has 0 amide bonds. The van der Waals surface area contributed by atoms with Gasteiger partial charge in [-0.3, -0.25) is 9.69 Å². The molecule has 1 rings (SSSR count). The number of aromatic nitrogens is 1. The minimum Gasteiger partial charge on any atom is -0.469 e. The number of esters is 1. The van der Waals surface area contributed by atoms with Gasteiger partial charge in [-0.25, -0.2) is 4.98 Å². The summed E-state index contributed by atoms with van der Waals surface area (Å²) in [4.78, 5) is 18.4. The van der Waals surface area contributed by atoms with Gasteiger partial charge >= 0.3 is 5.97 Å². The first-order valence-corrected chi connectivity index (χ1v) is 6.35. The highest BCUT2D eigenvalue weighted by Crippen LogP contribution is 2.17. The summed E-state index contributed by atoms with van der Waals surface area (Å²) in [6.45, 7) is 5.65. The van der Waals surface area contributed by atoms with E-state index < -0.39 is 0 Å². The zero-order valence-electron chi connectivity index (χ0n) is 10.5. The van der Waals surface area contributed by atoms with Gasteiger partial charge in [0.1, 0.15) is 0 Å². The predicted octanol–water partition coefficient (Wildman–Crippen LogP) is 1.50. The van der Waals surface area contributed by atoms with E-state index in [-0.39, 0.29) is 5.97 Å². The Morgan fingerprint density at radius 3 is 2.82 bits per heavy atom. The Hall–Kier alpha value is -1.14. The van der Waals surface area contributed by atoms with E-state index in [1.54, 1.807) is 6.20 Å². The number of methoxy groups -OCH3 is 1. The van der Waals surface area contributed by atoms with E-state index in [0.717, 1.165) is 11.4 Å². The quantitative estimate of drug-likeness (QED) is 0.782. The summed E-state index contributed by atoms with van der Waals surface area (Å²) in [6.07, 6.45) is 2.19. The van der Waals surface area contributed by atoms with Crippen LogP contribution in [0.1, 0.15) is 25.1 Å². The molecule has 6 heteroatoms. The maximum Gasteiger partial charge on any atom is 0.306 e. The molecule has 5 nitrogen and oxygen atoms in total. The summed E-state index contributed by atoms with van der Waals surface area (Å²) in [5.74, 6) is -0.181. The van der Waals surface area contributed by atoms with E-state index >= 15 is 0 Å². The average Bonchev–Trinajstić information content (AvgIpc) is 2.69. The minimum absolute atomic E-state index is 0.181. The van der Waals surface area contributed by atoms with Crippen molar-refractivity contribution < 1.29 is 9.53 Å². The molecule has 0 saturated carbocycles. The number of carbonyl (C=O) groups excluding carboxylic acids is 1. The second-order valence-corrected chi connectivity index (χ2v) is 5.20. The van der Waals surface area contributed by atoms with Gasteiger partial charge in [-0.15, -0.1) is 11.3 Å². The highest BCUT2D eigenvalue weighted by molar-refractivity contribution is 7.15. The Morgan fingerprint density at radius 1 is 1.65 bits per heavy atom. The van der Waals surface area contributed by atoms with Crippen molar-refractivity contribution in [3.8, 4) is 0 Å². The number of ether oxygens (including phenoxy) is 1. The molecular formula is C11H19N3O2S. The molecule has 2 N–H and O–H groups in total. The maximum absolute atomic E-state index is 11.1. The van der Waals surface area contributed by atoms with Crippen LogP contribution in [-0.2, 0) is 16.1 Å². The van der Waals surface area contributed by atoms with Gasteiger partial charge in [0.2, 0.25) is 0 Å².